The summed E-state index contributed by atoms with van der Waals surface area (Å²) in [5, 5.41) is 3.66. The molecule has 1 atom stereocenters. The average Bonchev–Trinajstić information content (AvgIpc) is 3.49. The molecule has 1 aliphatic heterocycles. The lowest BCUT2D eigenvalue weighted by atomic mass is 9.98. The van der Waals surface area contributed by atoms with Crippen LogP contribution in [0.3, 0.4) is 0 Å². The minimum atomic E-state index is 0.111. The molecule has 3 rings (SSSR count). The summed E-state index contributed by atoms with van der Waals surface area (Å²) in [6.07, 6.45) is 5.96. The molecule has 0 bridgehead atoms. The number of likely N-dealkylation sites (tertiary alicyclic amines) is 1. The standard InChI is InChI=1S/C21H32N2O2/c1-3-16(2)19-6-4-5-7-20(19)25-15-21(24)23-12-10-18(11-13-23)22-14-17-8-9-17/h4-7,16-18,22H,3,8-15H2,1-2H3. The SMILES string of the molecule is CCC(C)c1ccccc1OCC(=O)N1CCC(NCC2CC2)CC1. The Morgan fingerprint density at radius 1 is 1.24 bits per heavy atom. The highest BCUT2D eigenvalue weighted by Crippen LogP contribution is 2.29. The third-order valence-corrected chi connectivity index (χ3v) is 5.65. The summed E-state index contributed by atoms with van der Waals surface area (Å²) in [6, 6.07) is 8.67. The van der Waals surface area contributed by atoms with Crippen molar-refractivity contribution in [3.8, 4) is 5.75 Å². The normalized spacial score (nSPS) is 19.7. The number of nitrogens with zero attached hydrogens (tertiary/aromatic N) is 1. The lowest BCUT2D eigenvalue weighted by molar-refractivity contribution is -0.134. The molecule has 1 aromatic carbocycles. The first kappa shape index (κ1) is 18.2. The Morgan fingerprint density at radius 2 is 1.96 bits per heavy atom. The number of hydrogen-bond donors (Lipinski definition) is 1. The second-order valence-electron chi connectivity index (χ2n) is 7.64. The second-order valence-corrected chi connectivity index (χ2v) is 7.64. The van der Waals surface area contributed by atoms with Crippen LogP contribution in [0.2, 0.25) is 0 Å². The maximum atomic E-state index is 12.5. The number of para-hydroxylation sites is 1. The summed E-state index contributed by atoms with van der Waals surface area (Å²) < 4.78 is 5.88. The number of carbonyl (C=O) groups excluding carboxylic acids is 1. The number of piperidine rings is 1. The highest BCUT2D eigenvalue weighted by molar-refractivity contribution is 5.77. The van der Waals surface area contributed by atoms with Gasteiger partial charge in [0, 0.05) is 19.1 Å². The molecular weight excluding hydrogens is 312 g/mol. The van der Waals surface area contributed by atoms with Crippen LogP contribution in [0, 0.1) is 5.92 Å². The van der Waals surface area contributed by atoms with Crippen LogP contribution < -0.4 is 10.1 Å². The lowest BCUT2D eigenvalue weighted by Gasteiger charge is -2.32. The summed E-state index contributed by atoms with van der Waals surface area (Å²) in [7, 11) is 0. The average molecular weight is 344 g/mol. The van der Waals surface area contributed by atoms with Crippen molar-refractivity contribution in [3.05, 3.63) is 29.8 Å². The summed E-state index contributed by atoms with van der Waals surface area (Å²) in [4.78, 5) is 14.4. The minimum absolute atomic E-state index is 0.111. The number of nitrogens with one attached hydrogen (secondary N) is 1. The van der Waals surface area contributed by atoms with Crippen LogP contribution in [0.4, 0.5) is 0 Å². The van der Waals surface area contributed by atoms with Crippen molar-refractivity contribution >= 4 is 5.91 Å². The van der Waals surface area contributed by atoms with Crippen LogP contribution in [0.1, 0.15) is 57.4 Å². The molecule has 0 radical (unpaired) electrons. The van der Waals surface area contributed by atoms with Crippen LogP contribution in [0.15, 0.2) is 24.3 Å². The summed E-state index contributed by atoms with van der Waals surface area (Å²) in [5.74, 6) is 2.32. The molecule has 1 aliphatic carbocycles. The van der Waals surface area contributed by atoms with Crippen LogP contribution in [-0.4, -0.2) is 43.1 Å². The molecule has 1 saturated carbocycles. The van der Waals surface area contributed by atoms with E-state index < -0.39 is 0 Å². The Labute approximate surface area is 151 Å². The van der Waals surface area contributed by atoms with Crippen LogP contribution in [0.5, 0.6) is 5.75 Å². The number of benzene rings is 1. The van der Waals surface area contributed by atoms with E-state index in [1.807, 2.05) is 23.1 Å². The van der Waals surface area contributed by atoms with Crippen molar-refractivity contribution in [1.82, 2.24) is 10.2 Å². The van der Waals surface area contributed by atoms with Gasteiger partial charge in [-0.1, -0.05) is 32.0 Å². The molecule has 0 aromatic heterocycles. The smallest absolute Gasteiger partial charge is 0.260 e. The topological polar surface area (TPSA) is 41.6 Å². The van der Waals surface area contributed by atoms with Gasteiger partial charge in [-0.2, -0.15) is 0 Å². The zero-order valence-corrected chi connectivity index (χ0v) is 15.7. The van der Waals surface area contributed by atoms with E-state index in [2.05, 4.69) is 25.2 Å². The zero-order chi connectivity index (χ0) is 17.6. The molecule has 25 heavy (non-hydrogen) atoms. The van der Waals surface area contributed by atoms with E-state index in [1.165, 1.54) is 18.4 Å². The van der Waals surface area contributed by atoms with Gasteiger partial charge in [0.2, 0.25) is 0 Å². The molecular formula is C21H32N2O2. The molecule has 1 unspecified atom stereocenters. The molecule has 1 aromatic rings. The number of carbonyl (C=O) groups is 1. The Kier molecular flexibility index (Phi) is 6.35. The van der Waals surface area contributed by atoms with Crippen LogP contribution in [-0.2, 0) is 4.79 Å². The van der Waals surface area contributed by atoms with E-state index in [0.29, 0.717) is 12.0 Å². The third kappa shape index (κ3) is 5.21. The number of ether oxygens (including phenoxy) is 1. The number of amides is 1. The first-order chi connectivity index (χ1) is 12.2. The Morgan fingerprint density at radius 3 is 2.64 bits per heavy atom. The predicted octanol–water partition coefficient (Wildman–Crippen LogP) is 3.57. The fraction of sp³-hybridized carbons (Fsp3) is 0.667. The van der Waals surface area contributed by atoms with Crippen LogP contribution in [0.25, 0.3) is 0 Å². The first-order valence-electron chi connectivity index (χ1n) is 9.90. The zero-order valence-electron chi connectivity index (χ0n) is 15.7. The summed E-state index contributed by atoms with van der Waals surface area (Å²) in [5.41, 5.74) is 1.20. The van der Waals surface area contributed by atoms with Gasteiger partial charge < -0.3 is 15.0 Å². The maximum absolute atomic E-state index is 12.5. The molecule has 4 heteroatoms. The number of hydrogen-bond acceptors (Lipinski definition) is 3. The van der Waals surface area contributed by atoms with E-state index in [-0.39, 0.29) is 12.5 Å². The van der Waals surface area contributed by atoms with E-state index in [0.717, 1.165) is 50.6 Å². The Bertz CT molecular complexity index is 563. The maximum Gasteiger partial charge on any atom is 0.260 e. The molecule has 1 saturated heterocycles. The van der Waals surface area contributed by atoms with Crippen LogP contribution >= 0.6 is 0 Å². The van der Waals surface area contributed by atoms with Crippen molar-refractivity contribution in [2.75, 3.05) is 26.2 Å². The van der Waals surface area contributed by atoms with Crippen molar-refractivity contribution < 1.29 is 9.53 Å². The Balaban J connectivity index is 1.44. The van der Waals surface area contributed by atoms with Crippen molar-refractivity contribution in [3.63, 3.8) is 0 Å². The highest BCUT2D eigenvalue weighted by Gasteiger charge is 2.26. The third-order valence-electron chi connectivity index (χ3n) is 5.65. The van der Waals surface area contributed by atoms with Crippen molar-refractivity contribution in [2.24, 2.45) is 5.92 Å². The van der Waals surface area contributed by atoms with Gasteiger partial charge in [0.05, 0.1) is 0 Å². The fourth-order valence-corrected chi connectivity index (χ4v) is 3.46. The van der Waals surface area contributed by atoms with Gasteiger partial charge in [-0.15, -0.1) is 0 Å². The summed E-state index contributed by atoms with van der Waals surface area (Å²) >= 11 is 0. The highest BCUT2D eigenvalue weighted by atomic mass is 16.5. The molecule has 2 fully saturated rings. The molecule has 2 aliphatic rings. The Hall–Kier alpha value is -1.55. The van der Waals surface area contributed by atoms with Crippen molar-refractivity contribution in [2.45, 2.75) is 57.9 Å². The largest absolute Gasteiger partial charge is 0.483 e. The van der Waals surface area contributed by atoms with E-state index in [9.17, 15) is 4.79 Å². The van der Waals surface area contributed by atoms with E-state index in [1.54, 1.807) is 0 Å². The lowest BCUT2D eigenvalue weighted by Crippen LogP contribution is -2.46. The fourth-order valence-electron chi connectivity index (χ4n) is 3.46. The monoisotopic (exact) mass is 344 g/mol. The minimum Gasteiger partial charge on any atom is -0.483 e. The van der Waals surface area contributed by atoms with Crippen molar-refractivity contribution in [1.29, 1.82) is 0 Å². The number of rotatable bonds is 8. The van der Waals surface area contributed by atoms with E-state index in [4.69, 9.17) is 4.74 Å². The molecule has 1 heterocycles. The van der Waals surface area contributed by atoms with Gasteiger partial charge in [0.1, 0.15) is 5.75 Å². The molecule has 4 nitrogen and oxygen atoms in total. The predicted molar refractivity (Wildman–Crippen MR) is 101 cm³/mol. The molecule has 138 valence electrons. The van der Waals surface area contributed by atoms with E-state index >= 15 is 0 Å². The molecule has 0 spiro atoms. The van der Waals surface area contributed by atoms with Gasteiger partial charge in [0.25, 0.3) is 5.91 Å². The quantitative estimate of drug-likeness (QED) is 0.784. The molecule has 1 N–H and O–H groups in total. The van der Waals surface area contributed by atoms with Gasteiger partial charge in [-0.25, -0.2) is 0 Å². The van der Waals surface area contributed by atoms with Gasteiger partial charge in [-0.05, 0) is 62.1 Å². The van der Waals surface area contributed by atoms with Gasteiger partial charge >= 0.3 is 0 Å². The molecule has 1 amide bonds. The summed E-state index contributed by atoms with van der Waals surface area (Å²) in [6.45, 7) is 7.37. The second kappa shape index (κ2) is 8.70. The van der Waals surface area contributed by atoms with Gasteiger partial charge in [0.15, 0.2) is 6.61 Å². The van der Waals surface area contributed by atoms with Gasteiger partial charge in [-0.3, -0.25) is 4.79 Å². The first-order valence-corrected chi connectivity index (χ1v) is 9.90.